The number of carboxylic acid groups (broad SMARTS) is 1. The summed E-state index contributed by atoms with van der Waals surface area (Å²) in [6, 6.07) is 6.89. The van der Waals surface area contributed by atoms with Gasteiger partial charge in [0, 0.05) is 12.6 Å². The normalized spacial score (nSPS) is 23.8. The second-order valence-electron chi connectivity index (χ2n) is 5.93. The zero-order chi connectivity index (χ0) is 15.0. The van der Waals surface area contributed by atoms with Gasteiger partial charge in [0.05, 0.1) is 17.2 Å². The minimum atomic E-state index is -3.22. The van der Waals surface area contributed by atoms with Crippen molar-refractivity contribution in [2.45, 2.75) is 30.2 Å². The van der Waals surface area contributed by atoms with Gasteiger partial charge in [0.1, 0.15) is 0 Å². The Bertz CT molecular complexity index is 651. The Kier molecular flexibility index (Phi) is 3.75. The van der Waals surface area contributed by atoms with Crippen LogP contribution in [-0.4, -0.2) is 43.2 Å². The van der Waals surface area contributed by atoms with Crippen LogP contribution in [0, 0.1) is 5.92 Å². The van der Waals surface area contributed by atoms with Crippen LogP contribution in [0.1, 0.15) is 30.9 Å². The summed E-state index contributed by atoms with van der Waals surface area (Å²) >= 11 is 0. The van der Waals surface area contributed by atoms with Crippen molar-refractivity contribution in [3.05, 3.63) is 29.8 Å². The van der Waals surface area contributed by atoms with Crippen molar-refractivity contribution in [2.24, 2.45) is 5.92 Å². The van der Waals surface area contributed by atoms with Gasteiger partial charge in [-0.15, -0.1) is 0 Å². The van der Waals surface area contributed by atoms with E-state index in [-0.39, 0.29) is 18.3 Å². The van der Waals surface area contributed by atoms with Crippen LogP contribution in [-0.2, 0) is 14.6 Å². The van der Waals surface area contributed by atoms with Crippen LogP contribution in [0.5, 0.6) is 0 Å². The number of aliphatic carboxylic acids is 1. The van der Waals surface area contributed by atoms with Gasteiger partial charge in [0.2, 0.25) is 0 Å². The lowest BCUT2D eigenvalue weighted by molar-refractivity contribution is -0.139. The summed E-state index contributed by atoms with van der Waals surface area (Å²) in [4.78, 5) is 13.4. The zero-order valence-corrected chi connectivity index (χ0v) is 12.6. The predicted octanol–water partition coefficient (Wildman–Crippen LogP) is 1.70. The Hall–Kier alpha value is -1.40. The van der Waals surface area contributed by atoms with Gasteiger partial charge in [0.25, 0.3) is 0 Å². The van der Waals surface area contributed by atoms with Gasteiger partial charge in [-0.2, -0.15) is 0 Å². The number of benzene rings is 1. The quantitative estimate of drug-likeness (QED) is 0.896. The maximum Gasteiger partial charge on any atom is 0.317 e. The van der Waals surface area contributed by atoms with Gasteiger partial charge in [-0.1, -0.05) is 18.2 Å². The first-order valence-electron chi connectivity index (χ1n) is 7.25. The molecule has 1 unspecified atom stereocenters. The maximum absolute atomic E-state index is 12.2. The number of hydrogen-bond acceptors (Lipinski definition) is 4. The van der Waals surface area contributed by atoms with Crippen molar-refractivity contribution in [2.75, 3.05) is 18.8 Å². The molecule has 0 saturated heterocycles. The summed E-state index contributed by atoms with van der Waals surface area (Å²) in [7, 11) is -3.22. The van der Waals surface area contributed by atoms with Crippen LogP contribution >= 0.6 is 0 Å². The number of nitrogens with zero attached hydrogens (tertiary/aromatic N) is 1. The summed E-state index contributed by atoms with van der Waals surface area (Å²) in [5, 5.41) is 9.14. The van der Waals surface area contributed by atoms with E-state index in [2.05, 4.69) is 0 Å². The summed E-state index contributed by atoms with van der Waals surface area (Å²) in [6.45, 7) is 0.709. The van der Waals surface area contributed by atoms with E-state index < -0.39 is 15.8 Å². The van der Waals surface area contributed by atoms with Crippen molar-refractivity contribution in [1.82, 2.24) is 4.90 Å². The van der Waals surface area contributed by atoms with Gasteiger partial charge in [-0.25, -0.2) is 8.42 Å². The molecule has 5 nitrogen and oxygen atoms in total. The highest BCUT2D eigenvalue weighted by atomic mass is 32.2. The number of carbonyl (C=O) groups is 1. The van der Waals surface area contributed by atoms with Gasteiger partial charge in [0.15, 0.2) is 9.84 Å². The molecule has 1 fully saturated rings. The lowest BCUT2D eigenvalue weighted by Crippen LogP contribution is -2.38. The van der Waals surface area contributed by atoms with Crippen LogP contribution in [0.2, 0.25) is 0 Å². The molecule has 6 heteroatoms. The Balaban J connectivity index is 1.94. The Morgan fingerprint density at radius 3 is 2.62 bits per heavy atom. The lowest BCUT2D eigenvalue weighted by atomic mass is 10.0. The average molecular weight is 309 g/mol. The first-order valence-corrected chi connectivity index (χ1v) is 8.90. The van der Waals surface area contributed by atoms with E-state index in [0.29, 0.717) is 17.2 Å². The van der Waals surface area contributed by atoms with Crippen molar-refractivity contribution in [3.8, 4) is 0 Å². The molecule has 1 heterocycles. The SMILES string of the molecule is O=C(O)CN(CC1CC1)C1CCS(=O)(=O)c2ccccc21. The number of fused-ring (bicyclic) bond motifs is 1. The summed E-state index contributed by atoms with van der Waals surface area (Å²) in [5.74, 6) is -0.202. The van der Waals surface area contributed by atoms with Crippen LogP contribution in [0.3, 0.4) is 0 Å². The fraction of sp³-hybridized carbons (Fsp3) is 0.533. The van der Waals surface area contributed by atoms with Gasteiger partial charge in [-0.05, 0) is 36.8 Å². The minimum absolute atomic E-state index is 0.0322. The molecule has 21 heavy (non-hydrogen) atoms. The molecule has 1 aliphatic heterocycles. The van der Waals surface area contributed by atoms with Crippen molar-refractivity contribution in [1.29, 1.82) is 0 Å². The van der Waals surface area contributed by atoms with E-state index in [4.69, 9.17) is 5.11 Å². The third-order valence-electron chi connectivity index (χ3n) is 4.24. The van der Waals surface area contributed by atoms with Crippen LogP contribution < -0.4 is 0 Å². The molecule has 1 aliphatic carbocycles. The maximum atomic E-state index is 12.2. The van der Waals surface area contributed by atoms with Crippen molar-refractivity contribution in [3.63, 3.8) is 0 Å². The van der Waals surface area contributed by atoms with Crippen LogP contribution in [0.4, 0.5) is 0 Å². The number of carboxylic acids is 1. The van der Waals surface area contributed by atoms with E-state index in [1.54, 1.807) is 12.1 Å². The molecule has 1 aromatic carbocycles. The van der Waals surface area contributed by atoms with Crippen LogP contribution in [0.15, 0.2) is 29.2 Å². The smallest absolute Gasteiger partial charge is 0.317 e. The largest absolute Gasteiger partial charge is 0.480 e. The number of rotatable bonds is 5. The Morgan fingerprint density at radius 1 is 1.24 bits per heavy atom. The van der Waals surface area contributed by atoms with Crippen molar-refractivity contribution >= 4 is 15.8 Å². The van der Waals surface area contributed by atoms with E-state index in [1.807, 2.05) is 17.0 Å². The second kappa shape index (κ2) is 5.42. The third kappa shape index (κ3) is 3.11. The molecule has 1 saturated carbocycles. The molecule has 0 aromatic heterocycles. The van der Waals surface area contributed by atoms with E-state index in [0.717, 1.165) is 24.9 Å². The fourth-order valence-corrected chi connectivity index (χ4v) is 4.66. The molecule has 0 amide bonds. The second-order valence-corrected chi connectivity index (χ2v) is 8.01. The highest BCUT2D eigenvalue weighted by Crippen LogP contribution is 2.38. The first kappa shape index (κ1) is 14.5. The Morgan fingerprint density at radius 2 is 1.95 bits per heavy atom. The molecule has 0 spiro atoms. The third-order valence-corrected chi connectivity index (χ3v) is 6.06. The number of hydrogen-bond donors (Lipinski definition) is 1. The average Bonchev–Trinajstić information content (AvgIpc) is 3.22. The van der Waals surface area contributed by atoms with Gasteiger partial charge >= 0.3 is 5.97 Å². The Labute approximate surface area is 124 Å². The van der Waals surface area contributed by atoms with E-state index >= 15 is 0 Å². The molecule has 0 radical (unpaired) electrons. The standard InChI is InChI=1S/C15H19NO4S/c17-15(18)10-16(9-11-5-6-11)13-7-8-21(19,20)14-4-2-1-3-12(13)14/h1-4,11,13H,5-10H2,(H,17,18). The molecule has 0 bridgehead atoms. The van der Waals surface area contributed by atoms with E-state index in [9.17, 15) is 13.2 Å². The zero-order valence-electron chi connectivity index (χ0n) is 11.7. The predicted molar refractivity (Wildman–Crippen MR) is 77.8 cm³/mol. The lowest BCUT2D eigenvalue weighted by Gasteiger charge is -2.34. The molecule has 1 N–H and O–H groups in total. The van der Waals surface area contributed by atoms with Gasteiger partial charge < -0.3 is 5.11 Å². The monoisotopic (exact) mass is 309 g/mol. The summed E-state index contributed by atoms with van der Waals surface area (Å²) < 4.78 is 24.3. The summed E-state index contributed by atoms with van der Waals surface area (Å²) in [6.07, 6.45) is 2.75. The van der Waals surface area contributed by atoms with Gasteiger partial charge in [-0.3, -0.25) is 9.69 Å². The molecule has 1 atom stereocenters. The molecule has 1 aromatic rings. The van der Waals surface area contributed by atoms with Crippen LogP contribution in [0.25, 0.3) is 0 Å². The van der Waals surface area contributed by atoms with Crippen molar-refractivity contribution < 1.29 is 18.3 Å². The molecule has 2 aliphatic rings. The molecule has 3 rings (SSSR count). The minimum Gasteiger partial charge on any atom is -0.480 e. The van der Waals surface area contributed by atoms with E-state index in [1.165, 1.54) is 0 Å². The molecule has 114 valence electrons. The fourth-order valence-electron chi connectivity index (χ4n) is 3.06. The molecular formula is C15H19NO4S. The topological polar surface area (TPSA) is 74.7 Å². The summed E-state index contributed by atoms with van der Waals surface area (Å²) in [5.41, 5.74) is 0.755. The first-order chi connectivity index (χ1) is 9.97. The number of sulfone groups is 1. The highest BCUT2D eigenvalue weighted by molar-refractivity contribution is 7.91. The highest BCUT2D eigenvalue weighted by Gasteiger charge is 2.36. The molecular weight excluding hydrogens is 290 g/mol.